The van der Waals surface area contributed by atoms with Crippen LogP contribution in [0.5, 0.6) is 5.75 Å². The van der Waals surface area contributed by atoms with Crippen molar-refractivity contribution < 1.29 is 38.0 Å². The van der Waals surface area contributed by atoms with Gasteiger partial charge in [0.15, 0.2) is 12.4 Å². The van der Waals surface area contributed by atoms with Crippen molar-refractivity contribution in [2.24, 2.45) is 11.8 Å². The summed E-state index contributed by atoms with van der Waals surface area (Å²) in [5.41, 5.74) is 1.24. The molecule has 8 nitrogen and oxygen atoms in total. The van der Waals surface area contributed by atoms with Crippen LogP contribution < -0.4 is 4.74 Å². The monoisotopic (exact) mass is 478 g/mol. The Morgan fingerprint density at radius 1 is 1.00 bits per heavy atom. The molecule has 1 aromatic carbocycles. The van der Waals surface area contributed by atoms with E-state index in [-0.39, 0.29) is 12.0 Å². The van der Waals surface area contributed by atoms with Gasteiger partial charge >= 0.3 is 11.9 Å². The van der Waals surface area contributed by atoms with Crippen molar-refractivity contribution in [3.8, 4) is 5.75 Å². The summed E-state index contributed by atoms with van der Waals surface area (Å²) < 4.78 is 34.0. The highest BCUT2D eigenvalue weighted by Crippen LogP contribution is 2.32. The van der Waals surface area contributed by atoms with Gasteiger partial charge in [-0.3, -0.25) is 9.59 Å². The molecule has 8 heteroatoms. The lowest BCUT2D eigenvalue weighted by Gasteiger charge is -2.43. The predicted octanol–water partition coefficient (Wildman–Crippen LogP) is 3.69. The average Bonchev–Trinajstić information content (AvgIpc) is 2.76. The zero-order valence-corrected chi connectivity index (χ0v) is 20.7. The fourth-order valence-electron chi connectivity index (χ4n) is 4.30. The minimum Gasteiger partial charge on any atom is -0.493 e. The number of benzene rings is 1. The predicted molar refractivity (Wildman–Crippen MR) is 124 cm³/mol. The van der Waals surface area contributed by atoms with E-state index in [0.717, 1.165) is 44.6 Å². The van der Waals surface area contributed by atoms with Crippen LogP contribution in [0, 0.1) is 11.8 Å². The first-order valence-electron chi connectivity index (χ1n) is 12.3. The van der Waals surface area contributed by atoms with E-state index in [4.69, 9.17) is 28.4 Å². The summed E-state index contributed by atoms with van der Waals surface area (Å²) in [5, 5.41) is 0. The number of hydrogen-bond donors (Lipinski definition) is 0. The van der Waals surface area contributed by atoms with E-state index >= 15 is 0 Å². The molecule has 190 valence electrons. The molecule has 0 radical (unpaired) electrons. The Morgan fingerprint density at radius 2 is 1.68 bits per heavy atom. The lowest BCUT2D eigenvalue weighted by Crippen LogP contribution is -2.57. The number of aryl methyl sites for hydroxylation is 1. The second kappa shape index (κ2) is 13.1. The number of rotatable bonds is 12. The number of carbonyl (C=O) groups excluding carboxylic acids is 2. The summed E-state index contributed by atoms with van der Waals surface area (Å²) in [6.45, 7) is 9.35. The first kappa shape index (κ1) is 26.4. The van der Waals surface area contributed by atoms with Crippen molar-refractivity contribution in [3.05, 3.63) is 29.8 Å². The van der Waals surface area contributed by atoms with E-state index in [2.05, 4.69) is 12.1 Å². The zero-order valence-electron chi connectivity index (χ0n) is 20.7. The Bertz CT molecular complexity index is 776. The Labute approximate surface area is 202 Å². The standard InChI is InChI=1S/C26H38O8/c1-5-23-17(2)24(32-18(3)27)25(33-19(4)28)26(34-23)30-13-7-6-8-20-9-11-22(12-10-20)31-16-21-14-29-15-21/h9-12,17,21,23-26H,5-8,13-16H2,1-4H3/t17-,23-,24+,25-,26-/m1/s1. The smallest absolute Gasteiger partial charge is 0.303 e. The first-order chi connectivity index (χ1) is 16.4. The number of unbranched alkanes of at least 4 members (excludes halogenated alkanes) is 1. The van der Waals surface area contributed by atoms with Gasteiger partial charge in [0.2, 0.25) is 0 Å². The fraction of sp³-hybridized carbons (Fsp3) is 0.692. The van der Waals surface area contributed by atoms with Crippen LogP contribution in [-0.2, 0) is 39.7 Å². The Hall–Kier alpha value is -2.16. The van der Waals surface area contributed by atoms with Crippen LogP contribution in [0.25, 0.3) is 0 Å². The molecule has 2 heterocycles. The third-order valence-electron chi connectivity index (χ3n) is 6.27. The molecule has 0 amide bonds. The summed E-state index contributed by atoms with van der Waals surface area (Å²) in [4.78, 5) is 23.4. The molecular formula is C26H38O8. The molecule has 34 heavy (non-hydrogen) atoms. The second-order valence-electron chi connectivity index (χ2n) is 9.14. The van der Waals surface area contributed by atoms with Crippen molar-refractivity contribution in [1.82, 2.24) is 0 Å². The molecular weight excluding hydrogens is 440 g/mol. The van der Waals surface area contributed by atoms with E-state index in [1.54, 1.807) is 0 Å². The maximum atomic E-state index is 11.7. The molecule has 0 aromatic heterocycles. The van der Waals surface area contributed by atoms with Gasteiger partial charge in [-0.05, 0) is 43.4 Å². The maximum absolute atomic E-state index is 11.7. The quantitative estimate of drug-likeness (QED) is 0.332. The van der Waals surface area contributed by atoms with Gasteiger partial charge in [0, 0.05) is 32.3 Å². The molecule has 0 unspecified atom stereocenters. The molecule has 0 N–H and O–H groups in total. The lowest BCUT2D eigenvalue weighted by molar-refractivity contribution is -0.290. The van der Waals surface area contributed by atoms with Crippen LogP contribution in [0.3, 0.4) is 0 Å². The van der Waals surface area contributed by atoms with E-state index in [0.29, 0.717) is 19.1 Å². The summed E-state index contributed by atoms with van der Waals surface area (Å²) >= 11 is 0. The van der Waals surface area contributed by atoms with Gasteiger partial charge in [-0.2, -0.15) is 0 Å². The molecule has 2 fully saturated rings. The van der Waals surface area contributed by atoms with Crippen LogP contribution in [0.15, 0.2) is 24.3 Å². The molecule has 2 aliphatic rings. The number of ether oxygens (including phenoxy) is 6. The Morgan fingerprint density at radius 3 is 2.26 bits per heavy atom. The van der Waals surface area contributed by atoms with Crippen molar-refractivity contribution in [2.75, 3.05) is 26.4 Å². The van der Waals surface area contributed by atoms with E-state index in [9.17, 15) is 9.59 Å². The van der Waals surface area contributed by atoms with Crippen molar-refractivity contribution in [2.45, 2.75) is 78.0 Å². The first-order valence-corrected chi connectivity index (χ1v) is 12.3. The van der Waals surface area contributed by atoms with Crippen LogP contribution in [0.2, 0.25) is 0 Å². The number of carbonyl (C=O) groups is 2. The largest absolute Gasteiger partial charge is 0.493 e. The highest BCUT2D eigenvalue weighted by Gasteiger charge is 2.47. The molecule has 0 spiro atoms. The van der Waals surface area contributed by atoms with Crippen LogP contribution in [0.4, 0.5) is 0 Å². The van der Waals surface area contributed by atoms with E-state index in [1.807, 2.05) is 26.0 Å². The molecule has 0 bridgehead atoms. The summed E-state index contributed by atoms with van der Waals surface area (Å²) in [6.07, 6.45) is 1.08. The minimum absolute atomic E-state index is 0.118. The van der Waals surface area contributed by atoms with Gasteiger partial charge < -0.3 is 28.4 Å². The Balaban J connectivity index is 1.45. The molecule has 0 saturated carbocycles. The van der Waals surface area contributed by atoms with Crippen molar-refractivity contribution in [1.29, 1.82) is 0 Å². The highest BCUT2D eigenvalue weighted by molar-refractivity contribution is 5.67. The van der Waals surface area contributed by atoms with Gasteiger partial charge in [0.05, 0.1) is 25.9 Å². The molecule has 0 aliphatic carbocycles. The van der Waals surface area contributed by atoms with Gasteiger partial charge in [0.1, 0.15) is 11.9 Å². The average molecular weight is 479 g/mol. The van der Waals surface area contributed by atoms with Crippen LogP contribution >= 0.6 is 0 Å². The minimum atomic E-state index is -0.793. The molecule has 2 saturated heterocycles. The van der Waals surface area contributed by atoms with Crippen LogP contribution in [0.1, 0.15) is 52.5 Å². The van der Waals surface area contributed by atoms with Gasteiger partial charge in [-0.25, -0.2) is 0 Å². The van der Waals surface area contributed by atoms with Gasteiger partial charge in [-0.1, -0.05) is 26.0 Å². The van der Waals surface area contributed by atoms with Gasteiger partial charge in [0.25, 0.3) is 0 Å². The lowest BCUT2D eigenvalue weighted by atomic mass is 9.89. The van der Waals surface area contributed by atoms with Gasteiger partial charge in [-0.15, -0.1) is 0 Å². The van der Waals surface area contributed by atoms with Crippen molar-refractivity contribution in [3.63, 3.8) is 0 Å². The maximum Gasteiger partial charge on any atom is 0.303 e. The summed E-state index contributed by atoms with van der Waals surface area (Å²) in [7, 11) is 0. The fourth-order valence-corrected chi connectivity index (χ4v) is 4.30. The number of esters is 2. The SMILES string of the molecule is CC[C@H]1O[C@@H](OCCCCc2ccc(OCC3COC3)cc2)[C@H](OC(C)=O)[C@@H](OC(C)=O)[C@@H]1C. The molecule has 2 aliphatic heterocycles. The molecule has 3 rings (SSSR count). The molecule has 5 atom stereocenters. The van der Waals surface area contributed by atoms with Crippen LogP contribution in [-0.4, -0.2) is 63.0 Å². The number of hydrogen-bond acceptors (Lipinski definition) is 8. The van der Waals surface area contributed by atoms with Crippen molar-refractivity contribution >= 4 is 11.9 Å². The summed E-state index contributed by atoms with van der Waals surface area (Å²) in [6, 6.07) is 8.19. The Kier molecular flexibility index (Phi) is 10.2. The molecule has 1 aromatic rings. The topological polar surface area (TPSA) is 89.5 Å². The van der Waals surface area contributed by atoms with E-state index in [1.165, 1.54) is 19.4 Å². The normalized spacial score (nSPS) is 27.0. The zero-order chi connectivity index (χ0) is 24.5. The third kappa shape index (κ3) is 7.68. The summed E-state index contributed by atoms with van der Waals surface area (Å²) in [5.74, 6) is 0.389. The third-order valence-corrected chi connectivity index (χ3v) is 6.27. The van der Waals surface area contributed by atoms with E-state index < -0.39 is 30.4 Å². The highest BCUT2D eigenvalue weighted by atomic mass is 16.7. The second-order valence-corrected chi connectivity index (χ2v) is 9.14.